The zero-order chi connectivity index (χ0) is 20.1. The van der Waals surface area contributed by atoms with Crippen molar-refractivity contribution in [3.63, 3.8) is 0 Å². The molecule has 3 rings (SSSR count). The van der Waals surface area contributed by atoms with E-state index in [9.17, 15) is 17.6 Å². The molecule has 0 bridgehead atoms. The van der Waals surface area contributed by atoms with Crippen molar-refractivity contribution in [2.24, 2.45) is 5.92 Å². The highest BCUT2D eigenvalue weighted by molar-refractivity contribution is 7.92. The van der Waals surface area contributed by atoms with E-state index < -0.39 is 10.0 Å². The topological polar surface area (TPSA) is 66.5 Å². The number of likely N-dealkylation sites (tertiary alicyclic amines) is 1. The Morgan fingerprint density at radius 2 is 1.68 bits per heavy atom. The van der Waals surface area contributed by atoms with Crippen LogP contribution < -0.4 is 4.72 Å². The first-order chi connectivity index (χ1) is 13.3. The molecule has 0 aromatic heterocycles. The van der Waals surface area contributed by atoms with E-state index in [4.69, 9.17) is 0 Å². The number of carbonyl (C=O) groups excluding carboxylic acids is 1. The molecule has 2 aromatic carbocycles. The van der Waals surface area contributed by atoms with Crippen molar-refractivity contribution in [3.05, 3.63) is 65.5 Å². The molecule has 1 N–H and O–H groups in total. The Morgan fingerprint density at radius 1 is 1.07 bits per heavy atom. The van der Waals surface area contributed by atoms with Gasteiger partial charge in [0.2, 0.25) is 10.0 Å². The Hall–Kier alpha value is -2.25. The fourth-order valence-corrected chi connectivity index (χ4v) is 4.07. The van der Waals surface area contributed by atoms with Crippen molar-refractivity contribution in [1.29, 1.82) is 0 Å². The zero-order valence-electron chi connectivity index (χ0n) is 15.9. The molecule has 5 nitrogen and oxygen atoms in total. The molecule has 7 heteroatoms. The van der Waals surface area contributed by atoms with Crippen molar-refractivity contribution in [1.82, 2.24) is 4.90 Å². The molecule has 1 saturated heterocycles. The molecule has 1 fully saturated rings. The van der Waals surface area contributed by atoms with Gasteiger partial charge in [-0.05, 0) is 74.3 Å². The van der Waals surface area contributed by atoms with Gasteiger partial charge in [0.1, 0.15) is 5.82 Å². The Kier molecular flexibility index (Phi) is 6.46. The number of rotatable bonds is 7. The van der Waals surface area contributed by atoms with E-state index in [1.165, 1.54) is 12.1 Å². The summed E-state index contributed by atoms with van der Waals surface area (Å²) in [5.74, 6) is -0.108. The maximum Gasteiger partial charge on any atom is 0.229 e. The lowest BCUT2D eigenvalue weighted by molar-refractivity contribution is 0.0841. The van der Waals surface area contributed by atoms with Crippen LogP contribution in [-0.2, 0) is 16.4 Å². The molecule has 0 spiro atoms. The van der Waals surface area contributed by atoms with Crippen molar-refractivity contribution < 1.29 is 17.6 Å². The van der Waals surface area contributed by atoms with Gasteiger partial charge in [-0.2, -0.15) is 0 Å². The lowest BCUT2D eigenvalue weighted by Crippen LogP contribution is -2.37. The number of benzene rings is 2. The first-order valence-corrected chi connectivity index (χ1v) is 11.3. The monoisotopic (exact) mass is 404 g/mol. The number of halogens is 1. The van der Waals surface area contributed by atoms with Crippen molar-refractivity contribution in [2.45, 2.75) is 19.3 Å². The summed E-state index contributed by atoms with van der Waals surface area (Å²) >= 11 is 0. The number of ketones is 1. The number of carbonyl (C=O) groups is 1. The van der Waals surface area contributed by atoms with Gasteiger partial charge in [-0.15, -0.1) is 0 Å². The van der Waals surface area contributed by atoms with Crippen molar-refractivity contribution in [2.75, 3.05) is 30.6 Å². The van der Waals surface area contributed by atoms with Crippen LogP contribution in [0.25, 0.3) is 0 Å². The van der Waals surface area contributed by atoms with Gasteiger partial charge < -0.3 is 4.90 Å². The summed E-state index contributed by atoms with van der Waals surface area (Å²) < 4.78 is 37.9. The van der Waals surface area contributed by atoms with E-state index >= 15 is 0 Å². The van der Waals surface area contributed by atoms with Crippen LogP contribution in [0.5, 0.6) is 0 Å². The first-order valence-electron chi connectivity index (χ1n) is 9.39. The smallest absolute Gasteiger partial charge is 0.229 e. The predicted molar refractivity (Wildman–Crippen MR) is 109 cm³/mol. The molecule has 0 aliphatic carbocycles. The van der Waals surface area contributed by atoms with Crippen LogP contribution in [0.3, 0.4) is 0 Å². The molecular formula is C21H25FN2O3S. The fraction of sp³-hybridized carbons (Fsp3) is 0.381. The number of nitrogens with zero attached hydrogens (tertiary/aromatic N) is 1. The maximum absolute atomic E-state index is 13.0. The highest BCUT2D eigenvalue weighted by atomic mass is 32.2. The summed E-state index contributed by atoms with van der Waals surface area (Å²) in [7, 11) is -3.32. The second-order valence-corrected chi connectivity index (χ2v) is 9.06. The van der Waals surface area contributed by atoms with Gasteiger partial charge in [0.05, 0.1) is 6.26 Å². The predicted octanol–water partition coefficient (Wildman–Crippen LogP) is 3.33. The Bertz CT molecular complexity index is 904. The highest BCUT2D eigenvalue weighted by Crippen LogP contribution is 2.23. The van der Waals surface area contributed by atoms with Crippen molar-refractivity contribution in [3.8, 4) is 0 Å². The Morgan fingerprint density at radius 3 is 2.25 bits per heavy atom. The minimum atomic E-state index is -3.32. The summed E-state index contributed by atoms with van der Waals surface area (Å²) in [5, 5.41) is 0. The van der Waals surface area contributed by atoms with E-state index in [2.05, 4.69) is 9.62 Å². The summed E-state index contributed by atoms with van der Waals surface area (Å²) in [4.78, 5) is 15.1. The second kappa shape index (κ2) is 8.84. The molecule has 0 saturated carbocycles. The van der Waals surface area contributed by atoms with Crippen LogP contribution >= 0.6 is 0 Å². The van der Waals surface area contributed by atoms with Gasteiger partial charge in [0.15, 0.2) is 5.78 Å². The van der Waals surface area contributed by atoms with Gasteiger partial charge in [0.25, 0.3) is 0 Å². The molecule has 1 aliphatic heterocycles. The summed E-state index contributed by atoms with van der Waals surface area (Å²) in [6.45, 7) is 2.63. The third kappa shape index (κ3) is 5.87. The Balaban J connectivity index is 1.48. The van der Waals surface area contributed by atoms with Crippen LogP contribution in [0.15, 0.2) is 48.5 Å². The summed E-state index contributed by atoms with van der Waals surface area (Å²) in [5.41, 5.74) is 2.18. The number of nitrogens with one attached hydrogen (secondary N) is 1. The van der Waals surface area contributed by atoms with E-state index in [-0.39, 0.29) is 17.5 Å². The lowest BCUT2D eigenvalue weighted by atomic mass is 9.88. The van der Waals surface area contributed by atoms with Crippen LogP contribution in [-0.4, -0.2) is 45.0 Å². The quantitative estimate of drug-likeness (QED) is 0.719. The average Bonchev–Trinajstić information content (AvgIpc) is 2.67. The molecule has 1 aliphatic rings. The molecular weight excluding hydrogens is 379 g/mol. The number of piperidine rings is 1. The van der Waals surface area contributed by atoms with Crippen molar-refractivity contribution >= 4 is 21.5 Å². The van der Waals surface area contributed by atoms with E-state index in [0.717, 1.165) is 50.7 Å². The average molecular weight is 405 g/mol. The molecule has 150 valence electrons. The van der Waals surface area contributed by atoms with Gasteiger partial charge in [-0.1, -0.05) is 12.1 Å². The maximum atomic E-state index is 13.0. The Labute approximate surface area is 165 Å². The SMILES string of the molecule is CS(=O)(=O)Nc1ccc(C(=O)C2CCN(CCc3ccc(F)cc3)CC2)cc1. The normalized spacial score (nSPS) is 16.1. The lowest BCUT2D eigenvalue weighted by Gasteiger charge is -2.31. The largest absolute Gasteiger partial charge is 0.303 e. The number of sulfonamides is 1. The summed E-state index contributed by atoms with van der Waals surface area (Å²) in [6.07, 6.45) is 3.58. The van der Waals surface area contributed by atoms with Gasteiger partial charge in [0, 0.05) is 23.7 Å². The molecule has 0 radical (unpaired) electrons. The van der Waals surface area contributed by atoms with E-state index in [0.29, 0.717) is 11.3 Å². The van der Waals surface area contributed by atoms with Gasteiger partial charge in [-0.25, -0.2) is 12.8 Å². The number of hydrogen-bond acceptors (Lipinski definition) is 4. The number of Topliss-reactive ketones (excluding diaryl/α,β-unsaturated/α-hetero) is 1. The highest BCUT2D eigenvalue weighted by Gasteiger charge is 2.25. The zero-order valence-corrected chi connectivity index (χ0v) is 16.7. The number of hydrogen-bond donors (Lipinski definition) is 1. The molecule has 0 unspecified atom stereocenters. The molecule has 1 heterocycles. The third-order valence-electron chi connectivity index (χ3n) is 5.06. The minimum Gasteiger partial charge on any atom is -0.303 e. The molecule has 0 atom stereocenters. The minimum absolute atomic E-state index is 0.00390. The van der Waals surface area contributed by atoms with Crippen LogP contribution in [0, 0.1) is 11.7 Å². The first kappa shape index (κ1) is 20.5. The standard InChI is InChI=1S/C21H25FN2O3S/c1-28(26,27)23-20-8-4-17(5-9-20)21(25)18-11-14-24(15-12-18)13-10-16-2-6-19(22)7-3-16/h2-9,18,23H,10-15H2,1H3. The summed E-state index contributed by atoms with van der Waals surface area (Å²) in [6, 6.07) is 13.2. The van der Waals surface area contributed by atoms with Crippen LogP contribution in [0.1, 0.15) is 28.8 Å². The van der Waals surface area contributed by atoms with E-state index in [1.807, 2.05) is 12.1 Å². The fourth-order valence-electron chi connectivity index (χ4n) is 3.51. The van der Waals surface area contributed by atoms with Gasteiger partial charge >= 0.3 is 0 Å². The van der Waals surface area contributed by atoms with E-state index in [1.54, 1.807) is 24.3 Å². The number of anilines is 1. The van der Waals surface area contributed by atoms with Crippen LogP contribution in [0.2, 0.25) is 0 Å². The molecule has 2 aromatic rings. The second-order valence-electron chi connectivity index (χ2n) is 7.31. The third-order valence-corrected chi connectivity index (χ3v) is 5.67. The molecule has 28 heavy (non-hydrogen) atoms. The van der Waals surface area contributed by atoms with Gasteiger partial charge in [-0.3, -0.25) is 9.52 Å². The molecule has 0 amide bonds. The van der Waals surface area contributed by atoms with Crippen LogP contribution in [0.4, 0.5) is 10.1 Å².